The van der Waals surface area contributed by atoms with Crippen LogP contribution in [0.2, 0.25) is 5.02 Å². The average molecular weight is 314 g/mol. The van der Waals surface area contributed by atoms with Gasteiger partial charge in [-0.2, -0.15) is 0 Å². The Kier molecular flexibility index (Phi) is 4.01. The first kappa shape index (κ1) is 14.4. The summed E-state index contributed by atoms with van der Waals surface area (Å²) in [5, 5.41) is 0.0546. The van der Waals surface area contributed by atoms with Crippen molar-refractivity contribution in [1.82, 2.24) is 4.98 Å². The second-order valence-electron chi connectivity index (χ2n) is 3.85. The second-order valence-corrected chi connectivity index (χ2v) is 5.88. The van der Waals surface area contributed by atoms with Crippen LogP contribution in [0, 0.1) is 0 Å². The van der Waals surface area contributed by atoms with E-state index < -0.39 is 10.0 Å². The number of halogens is 1. The number of ether oxygens (including phenoxy) is 1. The van der Waals surface area contributed by atoms with Crippen LogP contribution >= 0.6 is 11.6 Å². The van der Waals surface area contributed by atoms with Crippen molar-refractivity contribution in [3.05, 3.63) is 41.6 Å². The molecule has 3 N–H and O–H groups in total. The van der Waals surface area contributed by atoms with E-state index in [0.717, 1.165) is 0 Å². The lowest BCUT2D eigenvalue weighted by atomic mass is 10.3. The first-order valence-electron chi connectivity index (χ1n) is 5.51. The number of pyridine rings is 1. The number of benzene rings is 1. The minimum Gasteiger partial charge on any atom is -0.481 e. The maximum absolute atomic E-state index is 12.3. The van der Waals surface area contributed by atoms with Crippen LogP contribution in [0.15, 0.2) is 41.4 Å². The van der Waals surface area contributed by atoms with Crippen molar-refractivity contribution in [3.8, 4) is 5.88 Å². The number of anilines is 2. The maximum atomic E-state index is 12.3. The van der Waals surface area contributed by atoms with E-state index >= 15 is 0 Å². The van der Waals surface area contributed by atoms with Crippen molar-refractivity contribution in [2.24, 2.45) is 0 Å². The molecular weight excluding hydrogens is 302 g/mol. The lowest BCUT2D eigenvalue weighted by Crippen LogP contribution is -2.15. The summed E-state index contributed by atoms with van der Waals surface area (Å²) in [7, 11) is -2.41. The summed E-state index contributed by atoms with van der Waals surface area (Å²) < 4.78 is 31.8. The number of aromatic nitrogens is 1. The molecular formula is C12H12ClN3O3S. The Labute approximate surface area is 121 Å². The smallest absolute Gasteiger partial charge is 0.265 e. The second kappa shape index (κ2) is 5.56. The fourth-order valence-electron chi connectivity index (χ4n) is 1.58. The van der Waals surface area contributed by atoms with Gasteiger partial charge in [0.25, 0.3) is 10.0 Å². The number of sulfonamides is 1. The van der Waals surface area contributed by atoms with Gasteiger partial charge >= 0.3 is 0 Å². The number of methoxy groups -OCH3 is 1. The summed E-state index contributed by atoms with van der Waals surface area (Å²) in [6, 6.07) is 7.56. The fourth-order valence-corrected chi connectivity index (χ4v) is 3.30. The van der Waals surface area contributed by atoms with Crippen LogP contribution in [-0.2, 0) is 10.0 Å². The highest BCUT2D eigenvalue weighted by Crippen LogP contribution is 2.28. The molecule has 0 aliphatic rings. The van der Waals surface area contributed by atoms with Crippen molar-refractivity contribution in [2.75, 3.05) is 17.6 Å². The van der Waals surface area contributed by atoms with Crippen molar-refractivity contribution in [3.63, 3.8) is 0 Å². The predicted octanol–water partition coefficient (Wildman–Crippen LogP) is 2.13. The van der Waals surface area contributed by atoms with E-state index in [1.165, 1.54) is 37.6 Å². The SMILES string of the molecule is COc1ccc(NS(=O)(=O)c2c(N)cccc2Cl)cn1. The predicted molar refractivity (Wildman–Crippen MR) is 77.5 cm³/mol. The summed E-state index contributed by atoms with van der Waals surface area (Å²) >= 11 is 5.89. The molecule has 0 saturated carbocycles. The molecule has 106 valence electrons. The van der Waals surface area contributed by atoms with Gasteiger partial charge in [-0.25, -0.2) is 13.4 Å². The summed E-state index contributed by atoms with van der Waals surface area (Å²) in [6.07, 6.45) is 1.34. The number of nitrogens with one attached hydrogen (secondary N) is 1. The molecule has 1 heterocycles. The molecule has 1 aromatic carbocycles. The Morgan fingerprint density at radius 3 is 2.60 bits per heavy atom. The third-order valence-electron chi connectivity index (χ3n) is 2.46. The molecule has 2 rings (SSSR count). The molecule has 0 fully saturated rings. The third kappa shape index (κ3) is 2.94. The van der Waals surface area contributed by atoms with Gasteiger partial charge in [0.15, 0.2) is 0 Å². The zero-order chi connectivity index (χ0) is 14.8. The number of nitrogens with two attached hydrogens (primary N) is 1. The number of hydrogen-bond acceptors (Lipinski definition) is 5. The van der Waals surface area contributed by atoms with Crippen LogP contribution in [0.25, 0.3) is 0 Å². The molecule has 0 bridgehead atoms. The topological polar surface area (TPSA) is 94.3 Å². The van der Waals surface area contributed by atoms with Gasteiger partial charge in [0, 0.05) is 6.07 Å². The normalized spacial score (nSPS) is 11.1. The highest BCUT2D eigenvalue weighted by atomic mass is 35.5. The largest absolute Gasteiger partial charge is 0.481 e. The molecule has 0 aliphatic carbocycles. The Balaban J connectivity index is 2.35. The molecule has 8 heteroatoms. The van der Waals surface area contributed by atoms with E-state index in [9.17, 15) is 8.42 Å². The van der Waals surface area contributed by atoms with Gasteiger partial charge in [-0.15, -0.1) is 0 Å². The van der Waals surface area contributed by atoms with Crippen molar-refractivity contribution >= 4 is 33.0 Å². The zero-order valence-electron chi connectivity index (χ0n) is 10.5. The van der Waals surface area contributed by atoms with Gasteiger partial charge in [0.1, 0.15) is 4.90 Å². The molecule has 20 heavy (non-hydrogen) atoms. The van der Waals surface area contributed by atoms with Gasteiger partial charge in [-0.1, -0.05) is 17.7 Å². The zero-order valence-corrected chi connectivity index (χ0v) is 12.1. The molecule has 6 nitrogen and oxygen atoms in total. The lowest BCUT2D eigenvalue weighted by molar-refractivity contribution is 0.398. The molecule has 2 aromatic rings. The number of nitrogens with zero attached hydrogens (tertiary/aromatic N) is 1. The van der Waals surface area contributed by atoms with Gasteiger partial charge in [-0.3, -0.25) is 4.72 Å². The van der Waals surface area contributed by atoms with Crippen molar-refractivity contribution < 1.29 is 13.2 Å². The fraction of sp³-hybridized carbons (Fsp3) is 0.0833. The number of nitrogen functional groups attached to an aromatic ring is 1. The molecule has 0 aliphatic heterocycles. The summed E-state index contributed by atoms with van der Waals surface area (Å²) in [5.74, 6) is 0.380. The van der Waals surface area contributed by atoms with E-state index in [4.69, 9.17) is 22.1 Å². The molecule has 0 spiro atoms. The number of rotatable bonds is 4. The first-order chi connectivity index (χ1) is 9.44. The highest BCUT2D eigenvalue weighted by Gasteiger charge is 2.21. The summed E-state index contributed by atoms with van der Waals surface area (Å²) in [5.41, 5.74) is 6.03. The Morgan fingerprint density at radius 2 is 2.05 bits per heavy atom. The Morgan fingerprint density at radius 1 is 1.30 bits per heavy atom. The molecule has 0 unspecified atom stereocenters. The van der Waals surface area contributed by atoms with Crippen molar-refractivity contribution in [2.45, 2.75) is 4.90 Å². The lowest BCUT2D eigenvalue weighted by Gasteiger charge is -2.11. The van der Waals surface area contributed by atoms with E-state index in [0.29, 0.717) is 5.88 Å². The summed E-state index contributed by atoms with van der Waals surface area (Å²) in [4.78, 5) is 3.75. The van der Waals surface area contributed by atoms with Crippen LogP contribution in [-0.4, -0.2) is 20.5 Å². The Hall–Kier alpha value is -1.99. The van der Waals surface area contributed by atoms with E-state index in [1.807, 2.05) is 0 Å². The van der Waals surface area contributed by atoms with Gasteiger partial charge in [-0.05, 0) is 18.2 Å². The van der Waals surface area contributed by atoms with E-state index in [1.54, 1.807) is 6.07 Å². The number of hydrogen-bond donors (Lipinski definition) is 2. The van der Waals surface area contributed by atoms with Gasteiger partial charge < -0.3 is 10.5 Å². The quantitative estimate of drug-likeness (QED) is 0.843. The minimum atomic E-state index is -3.88. The molecule has 0 saturated heterocycles. The summed E-state index contributed by atoms with van der Waals surface area (Å²) in [6.45, 7) is 0. The average Bonchev–Trinajstić information content (AvgIpc) is 2.38. The van der Waals surface area contributed by atoms with Gasteiger partial charge in [0.05, 0.1) is 29.7 Å². The molecule has 0 radical (unpaired) electrons. The van der Waals surface area contributed by atoms with Crippen molar-refractivity contribution in [1.29, 1.82) is 0 Å². The van der Waals surface area contributed by atoms with Crippen LogP contribution in [0.4, 0.5) is 11.4 Å². The van der Waals surface area contributed by atoms with E-state index in [-0.39, 0.29) is 21.3 Å². The van der Waals surface area contributed by atoms with Crippen LogP contribution in [0.3, 0.4) is 0 Å². The van der Waals surface area contributed by atoms with Crippen LogP contribution in [0.5, 0.6) is 5.88 Å². The molecule has 0 amide bonds. The monoisotopic (exact) mass is 313 g/mol. The highest BCUT2D eigenvalue weighted by molar-refractivity contribution is 7.93. The van der Waals surface area contributed by atoms with Crippen LogP contribution < -0.4 is 15.2 Å². The molecule has 1 aromatic heterocycles. The Bertz CT molecular complexity index is 697. The molecule has 0 atom stereocenters. The minimum absolute atomic E-state index is 0.0546. The van der Waals surface area contributed by atoms with Crippen LogP contribution in [0.1, 0.15) is 0 Å². The maximum Gasteiger partial charge on any atom is 0.265 e. The third-order valence-corrected chi connectivity index (χ3v) is 4.39. The standard InChI is InChI=1S/C12H12ClN3O3S/c1-19-11-6-5-8(7-15-11)16-20(17,18)12-9(13)3-2-4-10(12)14/h2-7,16H,14H2,1H3. The van der Waals surface area contributed by atoms with E-state index in [2.05, 4.69) is 9.71 Å². The first-order valence-corrected chi connectivity index (χ1v) is 7.37. The van der Waals surface area contributed by atoms with Gasteiger partial charge in [0.2, 0.25) is 5.88 Å².